The summed E-state index contributed by atoms with van der Waals surface area (Å²) >= 11 is 0. The summed E-state index contributed by atoms with van der Waals surface area (Å²) in [7, 11) is 0. The van der Waals surface area contributed by atoms with E-state index in [1.165, 1.54) is 11.8 Å². The first-order valence-corrected chi connectivity index (χ1v) is 11.7. The second kappa shape index (κ2) is 13.7. The molecule has 10 heteroatoms. The number of carbonyl (C=O) groups is 4. The van der Waals surface area contributed by atoms with Gasteiger partial charge in [-0.2, -0.15) is 0 Å². The monoisotopic (exact) mass is 493 g/mol. The second-order valence-electron chi connectivity index (χ2n) is 9.16. The summed E-state index contributed by atoms with van der Waals surface area (Å²) < 4.78 is 10.1. The minimum absolute atomic E-state index is 0.0197. The summed E-state index contributed by atoms with van der Waals surface area (Å²) in [5.41, 5.74) is 1.55. The number of hydrogen-bond acceptors (Lipinski definition) is 7. The molecule has 196 valence electrons. The van der Waals surface area contributed by atoms with Gasteiger partial charge in [-0.15, -0.1) is 0 Å². The fourth-order valence-corrected chi connectivity index (χ4v) is 3.41. The number of rotatable bonds is 11. The van der Waals surface area contributed by atoms with Crippen molar-refractivity contribution in [2.45, 2.75) is 72.6 Å². The van der Waals surface area contributed by atoms with E-state index in [-0.39, 0.29) is 26.1 Å². The number of aryl methyl sites for hydroxylation is 1. The average molecular weight is 494 g/mol. The molecule has 10 nitrogen and oxygen atoms in total. The molecule has 0 aromatic heterocycles. The molecule has 0 bridgehead atoms. The van der Waals surface area contributed by atoms with Crippen molar-refractivity contribution >= 4 is 23.9 Å². The quantitative estimate of drug-likeness (QED) is 0.402. The summed E-state index contributed by atoms with van der Waals surface area (Å²) in [5.74, 6) is -1.54. The lowest BCUT2D eigenvalue weighted by atomic mass is 9.95. The summed E-state index contributed by atoms with van der Waals surface area (Å²) in [6.07, 6.45) is -0.798. The number of esters is 1. The normalized spacial score (nSPS) is 12.8. The third-order valence-corrected chi connectivity index (χ3v) is 5.16. The SMILES string of the molecule is CCOC(=O)CCNC(=O)C(c1cccc(C)c1C)N(CCO)C(=O)C(C)NC(=O)OC(C)(C)C. The van der Waals surface area contributed by atoms with Gasteiger partial charge >= 0.3 is 12.1 Å². The highest BCUT2D eigenvalue weighted by Gasteiger charge is 2.35. The van der Waals surface area contributed by atoms with Crippen LogP contribution in [0.15, 0.2) is 18.2 Å². The fraction of sp³-hybridized carbons (Fsp3) is 0.600. The first-order valence-electron chi connectivity index (χ1n) is 11.7. The van der Waals surface area contributed by atoms with E-state index in [0.717, 1.165) is 11.1 Å². The highest BCUT2D eigenvalue weighted by molar-refractivity contribution is 5.92. The average Bonchev–Trinajstić information content (AvgIpc) is 2.74. The standard InChI is InChI=1S/C25H39N3O7/c1-8-34-20(30)12-13-26-22(31)21(19-11-9-10-16(2)17(19)3)28(14-15-29)23(32)18(4)27-24(33)35-25(5,6)7/h9-11,18,21,29H,8,12-15H2,1-7H3,(H,26,31)(H,27,33). The van der Waals surface area contributed by atoms with E-state index in [0.29, 0.717) is 5.56 Å². The largest absolute Gasteiger partial charge is 0.466 e. The van der Waals surface area contributed by atoms with Gasteiger partial charge in [-0.05, 0) is 65.2 Å². The van der Waals surface area contributed by atoms with Crippen LogP contribution in [0.4, 0.5) is 4.79 Å². The maximum absolute atomic E-state index is 13.4. The highest BCUT2D eigenvalue weighted by Crippen LogP contribution is 2.27. The van der Waals surface area contributed by atoms with Crippen LogP contribution >= 0.6 is 0 Å². The summed E-state index contributed by atoms with van der Waals surface area (Å²) in [5, 5.41) is 14.9. The predicted molar refractivity (Wildman–Crippen MR) is 131 cm³/mol. The molecule has 0 heterocycles. The van der Waals surface area contributed by atoms with Crippen LogP contribution in [-0.2, 0) is 23.9 Å². The maximum Gasteiger partial charge on any atom is 0.408 e. The molecule has 0 fully saturated rings. The molecule has 0 radical (unpaired) electrons. The number of amides is 3. The summed E-state index contributed by atoms with van der Waals surface area (Å²) in [6.45, 7) is 11.7. The van der Waals surface area contributed by atoms with Gasteiger partial charge in [0.2, 0.25) is 11.8 Å². The maximum atomic E-state index is 13.4. The van der Waals surface area contributed by atoms with Gasteiger partial charge in [0.05, 0.1) is 19.6 Å². The first kappa shape index (κ1) is 29.9. The Morgan fingerprint density at radius 1 is 1.14 bits per heavy atom. The Bertz CT molecular complexity index is 896. The molecule has 3 N–H and O–H groups in total. The van der Waals surface area contributed by atoms with E-state index in [4.69, 9.17) is 9.47 Å². The van der Waals surface area contributed by atoms with Crippen LogP contribution in [0, 0.1) is 13.8 Å². The molecule has 2 atom stereocenters. The van der Waals surface area contributed by atoms with Crippen molar-refractivity contribution in [1.29, 1.82) is 0 Å². The summed E-state index contributed by atoms with van der Waals surface area (Å²) in [4.78, 5) is 51.9. The Balaban J connectivity index is 3.25. The third-order valence-electron chi connectivity index (χ3n) is 5.16. The number of nitrogens with one attached hydrogen (secondary N) is 2. The number of aliphatic hydroxyl groups excluding tert-OH is 1. The lowest BCUT2D eigenvalue weighted by Crippen LogP contribution is -2.52. The zero-order valence-electron chi connectivity index (χ0n) is 21.8. The minimum Gasteiger partial charge on any atom is -0.466 e. The van der Waals surface area contributed by atoms with E-state index < -0.39 is 48.2 Å². The van der Waals surface area contributed by atoms with Gasteiger partial charge in [-0.1, -0.05) is 18.2 Å². The van der Waals surface area contributed by atoms with Crippen molar-refractivity contribution in [2.24, 2.45) is 0 Å². The Labute approximate surface area is 207 Å². The van der Waals surface area contributed by atoms with Crippen LogP contribution in [0.1, 0.15) is 63.8 Å². The molecule has 0 saturated heterocycles. The Morgan fingerprint density at radius 2 is 1.80 bits per heavy atom. The number of alkyl carbamates (subject to hydrolysis) is 1. The van der Waals surface area contributed by atoms with Gasteiger partial charge in [-0.3, -0.25) is 14.4 Å². The van der Waals surface area contributed by atoms with Gasteiger partial charge in [0.1, 0.15) is 17.7 Å². The Morgan fingerprint density at radius 3 is 2.37 bits per heavy atom. The highest BCUT2D eigenvalue weighted by atomic mass is 16.6. The Kier molecular flexibility index (Phi) is 11.7. The van der Waals surface area contributed by atoms with Crippen LogP contribution in [0.2, 0.25) is 0 Å². The Hall–Kier alpha value is -3.14. The molecule has 0 saturated carbocycles. The third kappa shape index (κ3) is 9.56. The molecule has 0 aliphatic heterocycles. The van der Waals surface area contributed by atoms with Crippen molar-refractivity contribution in [1.82, 2.24) is 15.5 Å². The number of nitrogens with zero attached hydrogens (tertiary/aromatic N) is 1. The molecule has 3 amide bonds. The number of carbonyl (C=O) groups excluding carboxylic acids is 4. The van der Waals surface area contributed by atoms with E-state index in [1.54, 1.807) is 39.8 Å². The zero-order valence-corrected chi connectivity index (χ0v) is 21.8. The smallest absolute Gasteiger partial charge is 0.408 e. The molecule has 0 spiro atoms. The van der Waals surface area contributed by atoms with Gasteiger partial charge in [0.25, 0.3) is 0 Å². The molecule has 1 aromatic rings. The number of ether oxygens (including phenoxy) is 2. The molecule has 0 aliphatic carbocycles. The molecule has 0 aliphatic rings. The molecule has 35 heavy (non-hydrogen) atoms. The minimum atomic E-state index is -1.10. The lowest BCUT2D eigenvalue weighted by molar-refractivity contribution is -0.144. The van der Waals surface area contributed by atoms with E-state index in [2.05, 4.69) is 10.6 Å². The van der Waals surface area contributed by atoms with Gasteiger partial charge in [0, 0.05) is 13.1 Å². The van der Waals surface area contributed by atoms with Crippen LogP contribution in [-0.4, -0.2) is 71.8 Å². The van der Waals surface area contributed by atoms with Crippen molar-refractivity contribution in [2.75, 3.05) is 26.3 Å². The lowest BCUT2D eigenvalue weighted by Gasteiger charge is -2.34. The summed E-state index contributed by atoms with van der Waals surface area (Å²) in [6, 6.07) is 3.28. The predicted octanol–water partition coefficient (Wildman–Crippen LogP) is 2.15. The van der Waals surface area contributed by atoms with Gasteiger partial charge in [-0.25, -0.2) is 4.79 Å². The molecular weight excluding hydrogens is 454 g/mol. The number of aliphatic hydroxyl groups is 1. The number of hydrogen-bond donors (Lipinski definition) is 3. The zero-order chi connectivity index (χ0) is 26.8. The van der Waals surface area contributed by atoms with Crippen molar-refractivity contribution in [3.05, 3.63) is 34.9 Å². The molecule has 1 rings (SSSR count). The fourth-order valence-electron chi connectivity index (χ4n) is 3.41. The van der Waals surface area contributed by atoms with Crippen LogP contribution in [0.3, 0.4) is 0 Å². The van der Waals surface area contributed by atoms with Gasteiger partial charge < -0.3 is 30.1 Å². The topological polar surface area (TPSA) is 134 Å². The van der Waals surface area contributed by atoms with Crippen molar-refractivity contribution in [3.8, 4) is 0 Å². The van der Waals surface area contributed by atoms with Gasteiger partial charge in [0.15, 0.2) is 0 Å². The van der Waals surface area contributed by atoms with E-state index in [9.17, 15) is 24.3 Å². The second-order valence-corrected chi connectivity index (χ2v) is 9.16. The van der Waals surface area contributed by atoms with E-state index in [1.807, 2.05) is 19.9 Å². The first-order chi connectivity index (χ1) is 16.3. The molecular formula is C25H39N3O7. The molecule has 2 unspecified atom stereocenters. The number of benzene rings is 1. The molecule has 1 aromatic carbocycles. The van der Waals surface area contributed by atoms with Crippen LogP contribution < -0.4 is 10.6 Å². The van der Waals surface area contributed by atoms with Crippen molar-refractivity contribution in [3.63, 3.8) is 0 Å². The van der Waals surface area contributed by atoms with E-state index >= 15 is 0 Å². The van der Waals surface area contributed by atoms with Crippen molar-refractivity contribution < 1.29 is 33.8 Å². The van der Waals surface area contributed by atoms with Crippen LogP contribution in [0.5, 0.6) is 0 Å². The van der Waals surface area contributed by atoms with Crippen LogP contribution in [0.25, 0.3) is 0 Å².